The zero-order valence-electron chi connectivity index (χ0n) is 36.6. The van der Waals surface area contributed by atoms with Gasteiger partial charge in [0.1, 0.15) is 23.3 Å². The molecule has 0 heterocycles. The van der Waals surface area contributed by atoms with Crippen LogP contribution in [0.25, 0.3) is 53.9 Å². The molecule has 10 aromatic rings. The number of hydrogen-bond acceptors (Lipinski definition) is 0. The summed E-state index contributed by atoms with van der Waals surface area (Å²) < 4.78 is 169. The molecule has 0 radical (unpaired) electrons. The lowest BCUT2D eigenvalue weighted by molar-refractivity contribution is 0.453. The summed E-state index contributed by atoms with van der Waals surface area (Å²) in [6.07, 6.45) is 0. The SMILES string of the molecule is Cc1cc(F)c2c(F)c(F)ccc2c1.Cc1cc(F)c2cc(F)c(F)cc2c1.Cc1cc(F)c2cc(F)ccc2c1.Cc1ccc2c(F)c(F)c(F)cc2c1.Cc1ccc2cc(F)c(F)cc2c1. The van der Waals surface area contributed by atoms with E-state index in [1.807, 2.05) is 32.0 Å². The van der Waals surface area contributed by atoms with Crippen LogP contribution in [0.3, 0.4) is 0 Å². The predicted molar refractivity (Wildman–Crippen MR) is 243 cm³/mol. The van der Waals surface area contributed by atoms with Crippen LogP contribution in [0.4, 0.5) is 57.1 Å². The number of rotatable bonds is 0. The third kappa shape index (κ3) is 11.8. The van der Waals surface area contributed by atoms with Crippen LogP contribution in [-0.4, -0.2) is 0 Å². The van der Waals surface area contributed by atoms with Crippen LogP contribution in [0, 0.1) is 110 Å². The van der Waals surface area contributed by atoms with Crippen molar-refractivity contribution in [3.8, 4) is 0 Å². The quantitative estimate of drug-likeness (QED) is 0.105. The summed E-state index contributed by atoms with van der Waals surface area (Å²) in [6, 6.07) is 30.9. The van der Waals surface area contributed by atoms with E-state index >= 15 is 0 Å². The van der Waals surface area contributed by atoms with E-state index in [1.165, 1.54) is 54.6 Å². The lowest BCUT2D eigenvalue weighted by Gasteiger charge is -2.03. The zero-order valence-corrected chi connectivity index (χ0v) is 36.6. The van der Waals surface area contributed by atoms with E-state index in [-0.39, 0.29) is 22.0 Å². The van der Waals surface area contributed by atoms with Gasteiger partial charge in [-0.2, -0.15) is 0 Å². The molecule has 0 unspecified atom stereocenters. The van der Waals surface area contributed by atoms with E-state index in [4.69, 9.17) is 0 Å². The second-order valence-corrected chi connectivity index (χ2v) is 15.9. The van der Waals surface area contributed by atoms with Gasteiger partial charge in [-0.05, 0) is 150 Å². The van der Waals surface area contributed by atoms with Gasteiger partial charge < -0.3 is 0 Å². The second kappa shape index (κ2) is 21.0. The third-order valence-electron chi connectivity index (χ3n) is 10.4. The molecular formula is C55H37F13. The van der Waals surface area contributed by atoms with Crippen LogP contribution in [0.5, 0.6) is 0 Å². The van der Waals surface area contributed by atoms with Crippen molar-refractivity contribution in [3.63, 3.8) is 0 Å². The standard InChI is InChI=1S/3C11H7F3.2C11H8F2/c1-6-2-7-4-10(13)11(14)5-8(7)9(12)3-6;1-6-4-7-2-3-8(12)11(14)10(7)9(13)5-6;1-6-2-3-8-7(4-6)5-9(12)11(14)10(8)13;1-7-4-8-2-3-9(12)6-10(8)11(13)5-7;1-7-2-3-8-5-10(12)11(13)6-9(8)4-7/h3*2-5H,1H3;2*2-6H,1H3. The number of benzene rings is 10. The molecule has 0 atom stereocenters. The number of hydrogen-bond donors (Lipinski definition) is 0. The van der Waals surface area contributed by atoms with E-state index in [0.29, 0.717) is 32.7 Å². The minimum atomic E-state index is -1.42. The summed E-state index contributed by atoms with van der Waals surface area (Å²) in [5.41, 5.74) is 4.13. The van der Waals surface area contributed by atoms with Crippen molar-refractivity contribution in [1.82, 2.24) is 0 Å². The molecule has 0 saturated carbocycles. The molecule has 0 aliphatic heterocycles. The molecule has 0 amide bonds. The smallest absolute Gasteiger partial charge is 0.195 e. The van der Waals surface area contributed by atoms with Crippen LogP contribution >= 0.6 is 0 Å². The van der Waals surface area contributed by atoms with Crippen molar-refractivity contribution in [2.45, 2.75) is 34.6 Å². The molecule has 0 aliphatic carbocycles. The van der Waals surface area contributed by atoms with E-state index in [0.717, 1.165) is 57.1 Å². The molecule has 0 aliphatic rings. The van der Waals surface area contributed by atoms with E-state index in [1.54, 1.807) is 57.2 Å². The Morgan fingerprint density at radius 1 is 0.221 bits per heavy atom. The first-order chi connectivity index (χ1) is 32.1. The van der Waals surface area contributed by atoms with E-state index in [9.17, 15) is 57.1 Å². The van der Waals surface area contributed by atoms with Crippen LogP contribution < -0.4 is 0 Å². The lowest BCUT2D eigenvalue weighted by atomic mass is 10.1. The van der Waals surface area contributed by atoms with Gasteiger partial charge in [0.2, 0.25) is 0 Å². The zero-order chi connectivity index (χ0) is 49.7. The summed E-state index contributed by atoms with van der Waals surface area (Å²) in [5.74, 6) is -11.4. The highest BCUT2D eigenvalue weighted by molar-refractivity contribution is 5.87. The van der Waals surface area contributed by atoms with Crippen LogP contribution in [0.1, 0.15) is 27.8 Å². The first-order valence-corrected chi connectivity index (χ1v) is 20.4. The van der Waals surface area contributed by atoms with Gasteiger partial charge in [0.25, 0.3) is 0 Å². The molecule has 348 valence electrons. The fourth-order valence-corrected chi connectivity index (χ4v) is 7.15. The maximum absolute atomic E-state index is 13.3. The monoisotopic (exact) mass is 944 g/mol. The maximum atomic E-state index is 13.3. The summed E-state index contributed by atoms with van der Waals surface area (Å²) >= 11 is 0. The van der Waals surface area contributed by atoms with Crippen LogP contribution in [0.2, 0.25) is 0 Å². The Balaban J connectivity index is 0.000000140. The van der Waals surface area contributed by atoms with Gasteiger partial charge in [0.05, 0.1) is 5.39 Å². The van der Waals surface area contributed by atoms with Crippen LogP contribution in [-0.2, 0) is 0 Å². The Kier molecular flexibility index (Phi) is 15.5. The molecule has 13 heteroatoms. The Hall–Kier alpha value is -7.41. The molecule has 0 nitrogen and oxygen atoms in total. The van der Waals surface area contributed by atoms with Crippen molar-refractivity contribution in [2.75, 3.05) is 0 Å². The van der Waals surface area contributed by atoms with Gasteiger partial charge >= 0.3 is 0 Å². The maximum Gasteiger partial charge on any atom is 0.195 e. The summed E-state index contributed by atoms with van der Waals surface area (Å²) in [6.45, 7) is 8.93. The van der Waals surface area contributed by atoms with Gasteiger partial charge in [-0.1, -0.05) is 77.9 Å². The topological polar surface area (TPSA) is 0 Å². The molecule has 10 aromatic carbocycles. The Labute approximate surface area is 381 Å². The fourth-order valence-electron chi connectivity index (χ4n) is 7.15. The van der Waals surface area contributed by atoms with Gasteiger partial charge in [-0.25, -0.2) is 57.1 Å². The van der Waals surface area contributed by atoms with Crippen molar-refractivity contribution < 1.29 is 57.1 Å². The minimum Gasteiger partial charge on any atom is -0.207 e. The third-order valence-corrected chi connectivity index (χ3v) is 10.4. The first kappa shape index (κ1) is 50.0. The average molecular weight is 945 g/mol. The second-order valence-electron chi connectivity index (χ2n) is 15.9. The van der Waals surface area contributed by atoms with Gasteiger partial charge in [-0.15, -0.1) is 0 Å². The predicted octanol–water partition coefficient (Wildman–Crippen LogP) is 17.5. The van der Waals surface area contributed by atoms with Crippen molar-refractivity contribution in [1.29, 1.82) is 0 Å². The number of halogens is 13. The molecule has 68 heavy (non-hydrogen) atoms. The summed E-state index contributed by atoms with van der Waals surface area (Å²) in [5, 5.41) is 3.59. The average Bonchev–Trinajstić information content (AvgIpc) is 3.26. The lowest BCUT2D eigenvalue weighted by Crippen LogP contribution is -1.92. The van der Waals surface area contributed by atoms with Gasteiger partial charge in [-0.3, -0.25) is 0 Å². The molecule has 0 aromatic heterocycles. The summed E-state index contributed by atoms with van der Waals surface area (Å²) in [7, 11) is 0. The highest BCUT2D eigenvalue weighted by Crippen LogP contribution is 2.27. The van der Waals surface area contributed by atoms with E-state index < -0.39 is 69.8 Å². The molecular weight excluding hydrogens is 908 g/mol. The highest BCUT2D eigenvalue weighted by Gasteiger charge is 2.14. The van der Waals surface area contributed by atoms with Crippen molar-refractivity contribution >= 4 is 53.9 Å². The molecule has 0 spiro atoms. The molecule has 0 bridgehead atoms. The van der Waals surface area contributed by atoms with Gasteiger partial charge in [0.15, 0.2) is 52.4 Å². The molecule has 10 rings (SSSR count). The number of aryl methyl sites for hydroxylation is 5. The summed E-state index contributed by atoms with van der Waals surface area (Å²) in [4.78, 5) is 0. The normalized spacial score (nSPS) is 10.8. The van der Waals surface area contributed by atoms with Crippen molar-refractivity contribution in [3.05, 3.63) is 237 Å². The van der Waals surface area contributed by atoms with Gasteiger partial charge in [0, 0.05) is 16.2 Å². The fraction of sp³-hybridized carbons (Fsp3) is 0.0909. The Morgan fingerprint density at radius 2 is 0.647 bits per heavy atom. The Bertz CT molecular complexity index is 3480. The Morgan fingerprint density at radius 3 is 1.28 bits per heavy atom. The molecule has 0 fully saturated rings. The minimum absolute atomic E-state index is 0.106. The highest BCUT2D eigenvalue weighted by atomic mass is 19.2. The van der Waals surface area contributed by atoms with Crippen molar-refractivity contribution in [2.24, 2.45) is 0 Å². The van der Waals surface area contributed by atoms with E-state index in [2.05, 4.69) is 0 Å². The number of fused-ring (bicyclic) bond motifs is 5. The molecule has 0 N–H and O–H groups in total. The molecule has 0 saturated heterocycles. The first-order valence-electron chi connectivity index (χ1n) is 20.4. The van der Waals surface area contributed by atoms with Crippen LogP contribution in [0.15, 0.2) is 133 Å². The largest absolute Gasteiger partial charge is 0.207 e.